The smallest absolute Gasteiger partial charge is 0.192 e. The lowest BCUT2D eigenvalue weighted by Crippen LogP contribution is -2.17. The first kappa shape index (κ1) is 37.0. The van der Waals surface area contributed by atoms with Gasteiger partial charge in [-0.15, -0.1) is 0 Å². The molecule has 0 aliphatic carbocycles. The van der Waals surface area contributed by atoms with Gasteiger partial charge in [0.25, 0.3) is 0 Å². The minimum absolute atomic E-state index is 0.00319. The molecule has 0 bridgehead atoms. The average Bonchev–Trinajstić information content (AvgIpc) is 3.10. The first-order valence-electron chi connectivity index (χ1n) is 13.8. The second-order valence-corrected chi connectivity index (χ2v) is 15.7. The number of nitrogens with zero attached hydrogens (tertiary/aromatic N) is 6. The number of hydrogen-bond donors (Lipinski definition) is 0. The van der Waals surface area contributed by atoms with Crippen LogP contribution in [-0.4, -0.2) is 42.5 Å². The van der Waals surface area contributed by atoms with Gasteiger partial charge in [0.05, 0.1) is 42.0 Å². The minimum Gasteiger partial charge on any atom is -0.265 e. The Bertz CT molecular complexity index is 2190. The van der Waals surface area contributed by atoms with Crippen molar-refractivity contribution < 1.29 is 12.6 Å². The fourth-order valence-electron chi connectivity index (χ4n) is 4.46. The molecule has 0 spiro atoms. The van der Waals surface area contributed by atoms with E-state index in [1.54, 1.807) is 60.9 Å². The van der Waals surface area contributed by atoms with Crippen molar-refractivity contribution in [1.82, 2.24) is 29.9 Å². The van der Waals surface area contributed by atoms with E-state index in [0.717, 1.165) is 5.56 Å². The molecule has 250 valence electrons. The highest BCUT2D eigenvalue weighted by molar-refractivity contribution is 7.92. The Morgan fingerprint density at radius 2 is 1.04 bits per heavy atom. The van der Waals surface area contributed by atoms with Gasteiger partial charge < -0.3 is 0 Å². The molecule has 49 heavy (non-hydrogen) atoms. The molecule has 6 aromatic rings. The Labute approximate surface area is 314 Å². The largest absolute Gasteiger partial charge is 0.265 e. The summed E-state index contributed by atoms with van der Waals surface area (Å²) in [5.41, 5.74) is 1.79. The third-order valence-corrected chi connectivity index (χ3v) is 11.8. The summed E-state index contributed by atoms with van der Waals surface area (Å²) in [7, 11) is -5.42. The standard InChI is InChI=1S/C16H10Cl3N3O2S.C16H10Cl3N3OS/c17-12-2-4-14(19)22-15(12)16(10-5-7-20-8-6-10)25(23,24)11-1-3-13(18)21-9-11;17-12-2-4-14(19)22-15(12)16(10-5-7-20-8-6-10)24(23)11-1-3-13(18)21-9-11/h1-9,16H;1-9,16H. The first-order chi connectivity index (χ1) is 23.5. The summed E-state index contributed by atoms with van der Waals surface area (Å²) >= 11 is 36.0. The Morgan fingerprint density at radius 3 is 1.57 bits per heavy atom. The first-order valence-corrected chi connectivity index (χ1v) is 18.8. The van der Waals surface area contributed by atoms with Crippen molar-refractivity contribution in [3.05, 3.63) is 163 Å². The van der Waals surface area contributed by atoms with Crippen molar-refractivity contribution in [2.24, 2.45) is 0 Å². The summed E-state index contributed by atoms with van der Waals surface area (Å²) in [6.07, 6.45) is 8.92. The molecule has 6 rings (SSSR count). The highest BCUT2D eigenvalue weighted by atomic mass is 35.5. The number of halogens is 6. The van der Waals surface area contributed by atoms with Crippen molar-refractivity contribution >= 4 is 90.2 Å². The van der Waals surface area contributed by atoms with E-state index in [9.17, 15) is 12.6 Å². The molecule has 0 aromatic carbocycles. The molecule has 6 aromatic heterocycles. The zero-order chi connectivity index (χ0) is 35.1. The van der Waals surface area contributed by atoms with Crippen LogP contribution in [0.1, 0.15) is 33.0 Å². The Hall–Kier alpha value is -3.26. The fourth-order valence-corrected chi connectivity index (χ4v) is 8.69. The molecule has 9 nitrogen and oxygen atoms in total. The van der Waals surface area contributed by atoms with E-state index in [4.69, 9.17) is 69.6 Å². The highest BCUT2D eigenvalue weighted by Gasteiger charge is 2.34. The van der Waals surface area contributed by atoms with Gasteiger partial charge in [0.15, 0.2) is 9.84 Å². The zero-order valence-electron chi connectivity index (χ0n) is 24.5. The van der Waals surface area contributed by atoms with E-state index in [-0.39, 0.29) is 31.1 Å². The van der Waals surface area contributed by atoms with Gasteiger partial charge in [-0.1, -0.05) is 69.6 Å². The van der Waals surface area contributed by atoms with E-state index in [1.165, 1.54) is 49.1 Å². The molecule has 17 heteroatoms. The summed E-state index contributed by atoms with van der Waals surface area (Å²) in [5.74, 6) is 0. The molecule has 0 aliphatic heterocycles. The summed E-state index contributed by atoms with van der Waals surface area (Å²) in [6.45, 7) is 0. The molecule has 3 atom stereocenters. The number of rotatable bonds is 8. The van der Waals surface area contributed by atoms with Gasteiger partial charge in [-0.3, -0.25) is 14.2 Å². The van der Waals surface area contributed by atoms with Crippen LogP contribution in [0.25, 0.3) is 0 Å². The quantitative estimate of drug-likeness (QED) is 0.138. The van der Waals surface area contributed by atoms with E-state index in [0.29, 0.717) is 26.3 Å². The minimum atomic E-state index is -3.92. The maximum absolute atomic E-state index is 13.3. The van der Waals surface area contributed by atoms with Crippen LogP contribution in [0.2, 0.25) is 30.7 Å². The summed E-state index contributed by atoms with van der Waals surface area (Å²) < 4.78 is 39.7. The third kappa shape index (κ3) is 9.11. The average molecular weight is 813 g/mol. The maximum Gasteiger partial charge on any atom is 0.192 e. The van der Waals surface area contributed by atoms with Crippen LogP contribution >= 0.6 is 69.6 Å². The lowest BCUT2D eigenvalue weighted by Gasteiger charge is -2.19. The van der Waals surface area contributed by atoms with Crippen LogP contribution < -0.4 is 0 Å². The molecule has 0 aliphatic rings. The molecule has 0 N–H and O–H groups in total. The Kier molecular flexibility index (Phi) is 12.6. The summed E-state index contributed by atoms with van der Waals surface area (Å²) in [6, 6.07) is 19.0. The van der Waals surface area contributed by atoms with Gasteiger partial charge in [0, 0.05) is 37.2 Å². The van der Waals surface area contributed by atoms with Gasteiger partial charge in [0.2, 0.25) is 0 Å². The molecule has 0 fully saturated rings. The van der Waals surface area contributed by atoms with Crippen LogP contribution in [0, 0.1) is 0 Å². The molecule has 3 unspecified atom stereocenters. The van der Waals surface area contributed by atoms with Crippen molar-refractivity contribution in [3.8, 4) is 0 Å². The molecule has 0 amide bonds. The van der Waals surface area contributed by atoms with Crippen LogP contribution in [0.5, 0.6) is 0 Å². The van der Waals surface area contributed by atoms with E-state index in [1.807, 2.05) is 0 Å². The van der Waals surface area contributed by atoms with Gasteiger partial charge in [-0.2, -0.15) is 0 Å². The van der Waals surface area contributed by atoms with E-state index < -0.39 is 31.1 Å². The van der Waals surface area contributed by atoms with Crippen molar-refractivity contribution in [2.75, 3.05) is 0 Å². The predicted octanol–water partition coefficient (Wildman–Crippen LogP) is 9.12. The van der Waals surface area contributed by atoms with Crippen LogP contribution in [0.15, 0.2) is 120 Å². The van der Waals surface area contributed by atoms with E-state index >= 15 is 0 Å². The monoisotopic (exact) mass is 810 g/mol. The molecule has 0 radical (unpaired) electrons. The van der Waals surface area contributed by atoms with Gasteiger partial charge >= 0.3 is 0 Å². The lowest BCUT2D eigenvalue weighted by molar-refractivity contribution is 0.587. The lowest BCUT2D eigenvalue weighted by atomic mass is 10.1. The molecule has 0 saturated carbocycles. The Balaban J connectivity index is 0.000000191. The normalized spacial score (nSPS) is 13.1. The topological polar surface area (TPSA) is 129 Å². The number of pyridine rings is 6. The third-order valence-electron chi connectivity index (χ3n) is 6.68. The molecule has 0 saturated heterocycles. The van der Waals surface area contributed by atoms with Gasteiger partial charge in [-0.25, -0.2) is 28.4 Å². The van der Waals surface area contributed by atoms with Crippen molar-refractivity contribution in [1.29, 1.82) is 0 Å². The van der Waals surface area contributed by atoms with Crippen molar-refractivity contribution in [2.45, 2.75) is 20.3 Å². The van der Waals surface area contributed by atoms with Gasteiger partial charge in [0.1, 0.15) is 31.1 Å². The Morgan fingerprint density at radius 1 is 0.551 bits per heavy atom. The molecule has 6 heterocycles. The van der Waals surface area contributed by atoms with Crippen LogP contribution in [-0.2, 0) is 20.6 Å². The molecular weight excluding hydrogens is 793 g/mol. The zero-order valence-corrected chi connectivity index (χ0v) is 30.7. The fraction of sp³-hybridized carbons (Fsp3) is 0.0625. The second-order valence-electron chi connectivity index (χ2n) is 9.80. The van der Waals surface area contributed by atoms with Crippen LogP contribution in [0.4, 0.5) is 0 Å². The number of aromatic nitrogens is 6. The number of hydrogen-bond acceptors (Lipinski definition) is 9. The van der Waals surface area contributed by atoms with Crippen LogP contribution in [0.3, 0.4) is 0 Å². The number of sulfone groups is 1. The summed E-state index contributed by atoms with van der Waals surface area (Å²) in [5, 5.41) is -0.254. The summed E-state index contributed by atoms with van der Waals surface area (Å²) in [4.78, 5) is 24.7. The SMILES string of the molecule is O=S(=O)(c1ccc(Cl)nc1)C(c1ccncc1)c1nc(Cl)ccc1Cl.O=S(c1ccc(Cl)nc1)C(c1ccncc1)c1nc(Cl)ccc1Cl. The second kappa shape index (κ2) is 16.6. The predicted molar refractivity (Wildman–Crippen MR) is 193 cm³/mol. The van der Waals surface area contributed by atoms with E-state index in [2.05, 4.69) is 29.9 Å². The van der Waals surface area contributed by atoms with Crippen molar-refractivity contribution in [3.63, 3.8) is 0 Å². The molecular formula is C32H20Cl6N6O3S2. The highest BCUT2D eigenvalue weighted by Crippen LogP contribution is 2.38. The van der Waals surface area contributed by atoms with Gasteiger partial charge in [-0.05, 0) is 83.9 Å². The maximum atomic E-state index is 13.3.